The SMILES string of the molecule is CCOC(=O)C1CN(Cc2ccco2)C(=O)C1=O. The van der Waals surface area contributed by atoms with E-state index in [0.29, 0.717) is 5.76 Å². The van der Waals surface area contributed by atoms with Crippen LogP contribution in [0, 0.1) is 5.92 Å². The molecule has 96 valence electrons. The first-order valence-corrected chi connectivity index (χ1v) is 5.65. The van der Waals surface area contributed by atoms with Crippen molar-refractivity contribution in [1.82, 2.24) is 4.90 Å². The Morgan fingerprint density at radius 1 is 1.56 bits per heavy atom. The normalized spacial score (nSPS) is 19.4. The zero-order valence-electron chi connectivity index (χ0n) is 9.92. The number of Topliss-reactive ketones (excluding diaryl/α,β-unsaturated/α-hetero) is 1. The Balaban J connectivity index is 2.05. The third-order valence-electron chi connectivity index (χ3n) is 2.72. The van der Waals surface area contributed by atoms with Crippen LogP contribution in [-0.4, -0.2) is 35.7 Å². The third kappa shape index (κ3) is 2.27. The van der Waals surface area contributed by atoms with Gasteiger partial charge in [0.25, 0.3) is 5.91 Å². The summed E-state index contributed by atoms with van der Waals surface area (Å²) in [6, 6.07) is 3.40. The number of hydrogen-bond acceptors (Lipinski definition) is 5. The molecule has 0 aromatic carbocycles. The molecule has 1 aliphatic heterocycles. The first kappa shape index (κ1) is 12.3. The number of likely N-dealkylation sites (tertiary alicyclic amines) is 1. The van der Waals surface area contributed by atoms with E-state index in [0.717, 1.165) is 0 Å². The zero-order chi connectivity index (χ0) is 13.1. The van der Waals surface area contributed by atoms with Gasteiger partial charge in [-0.05, 0) is 19.1 Å². The summed E-state index contributed by atoms with van der Waals surface area (Å²) in [6.45, 7) is 2.08. The van der Waals surface area contributed by atoms with Gasteiger partial charge in [-0.25, -0.2) is 0 Å². The number of rotatable bonds is 4. The maximum Gasteiger partial charge on any atom is 0.318 e. The van der Waals surface area contributed by atoms with E-state index in [2.05, 4.69) is 0 Å². The largest absolute Gasteiger partial charge is 0.467 e. The molecule has 18 heavy (non-hydrogen) atoms. The van der Waals surface area contributed by atoms with Gasteiger partial charge in [-0.2, -0.15) is 0 Å². The van der Waals surface area contributed by atoms with Gasteiger partial charge in [0.2, 0.25) is 5.78 Å². The van der Waals surface area contributed by atoms with Gasteiger partial charge in [-0.3, -0.25) is 14.4 Å². The molecule has 6 heteroatoms. The van der Waals surface area contributed by atoms with Crippen LogP contribution in [0.3, 0.4) is 0 Å². The minimum Gasteiger partial charge on any atom is -0.467 e. The Morgan fingerprint density at radius 3 is 2.94 bits per heavy atom. The molecule has 1 fully saturated rings. The summed E-state index contributed by atoms with van der Waals surface area (Å²) in [7, 11) is 0. The summed E-state index contributed by atoms with van der Waals surface area (Å²) < 4.78 is 9.87. The minimum absolute atomic E-state index is 0.0528. The molecule has 1 aromatic heterocycles. The maximum absolute atomic E-state index is 11.7. The number of furan rings is 1. The Kier molecular flexibility index (Phi) is 3.45. The van der Waals surface area contributed by atoms with Gasteiger partial charge in [0.05, 0.1) is 19.4 Å². The molecule has 1 aromatic rings. The smallest absolute Gasteiger partial charge is 0.318 e. The molecule has 1 amide bonds. The van der Waals surface area contributed by atoms with E-state index >= 15 is 0 Å². The average Bonchev–Trinajstić information content (AvgIpc) is 2.93. The first-order valence-electron chi connectivity index (χ1n) is 5.65. The highest BCUT2D eigenvalue weighted by atomic mass is 16.5. The van der Waals surface area contributed by atoms with E-state index in [1.165, 1.54) is 11.2 Å². The molecule has 2 rings (SSSR count). The second-order valence-corrected chi connectivity index (χ2v) is 3.93. The van der Waals surface area contributed by atoms with Crippen LogP contribution in [0.25, 0.3) is 0 Å². The van der Waals surface area contributed by atoms with Gasteiger partial charge in [0.1, 0.15) is 11.7 Å². The van der Waals surface area contributed by atoms with E-state index in [-0.39, 0.29) is 19.7 Å². The van der Waals surface area contributed by atoms with E-state index < -0.39 is 23.6 Å². The van der Waals surface area contributed by atoms with Gasteiger partial charge in [-0.1, -0.05) is 0 Å². The van der Waals surface area contributed by atoms with Crippen molar-refractivity contribution >= 4 is 17.7 Å². The van der Waals surface area contributed by atoms with Crippen molar-refractivity contribution in [3.05, 3.63) is 24.2 Å². The summed E-state index contributed by atoms with van der Waals surface area (Å²) in [6.07, 6.45) is 1.49. The summed E-state index contributed by atoms with van der Waals surface area (Å²) in [5, 5.41) is 0. The van der Waals surface area contributed by atoms with Gasteiger partial charge in [0.15, 0.2) is 0 Å². The van der Waals surface area contributed by atoms with Crippen LogP contribution in [0.15, 0.2) is 22.8 Å². The Bertz CT molecular complexity index is 465. The van der Waals surface area contributed by atoms with Crippen molar-refractivity contribution in [2.75, 3.05) is 13.2 Å². The predicted molar refractivity (Wildman–Crippen MR) is 59.3 cm³/mol. The lowest BCUT2D eigenvalue weighted by Crippen LogP contribution is -2.26. The average molecular weight is 251 g/mol. The second-order valence-electron chi connectivity index (χ2n) is 3.93. The highest BCUT2D eigenvalue weighted by Crippen LogP contribution is 2.18. The lowest BCUT2D eigenvalue weighted by molar-refractivity contribution is -0.151. The molecular formula is C12H13NO5. The van der Waals surface area contributed by atoms with Crippen LogP contribution < -0.4 is 0 Å². The molecule has 2 heterocycles. The lowest BCUT2D eigenvalue weighted by Gasteiger charge is -2.13. The Labute approximate surface area is 103 Å². The van der Waals surface area contributed by atoms with Gasteiger partial charge in [-0.15, -0.1) is 0 Å². The molecule has 0 N–H and O–H groups in total. The number of ether oxygens (including phenoxy) is 1. The number of carbonyl (C=O) groups is 3. The molecular weight excluding hydrogens is 238 g/mol. The topological polar surface area (TPSA) is 76.8 Å². The molecule has 0 aliphatic carbocycles. The second kappa shape index (κ2) is 5.03. The number of ketones is 1. The van der Waals surface area contributed by atoms with Crippen molar-refractivity contribution in [3.63, 3.8) is 0 Å². The van der Waals surface area contributed by atoms with E-state index in [9.17, 15) is 14.4 Å². The monoisotopic (exact) mass is 251 g/mol. The number of esters is 1. The van der Waals surface area contributed by atoms with Crippen LogP contribution >= 0.6 is 0 Å². The molecule has 0 saturated carbocycles. The molecule has 6 nitrogen and oxygen atoms in total. The number of carbonyl (C=O) groups excluding carboxylic acids is 3. The Hall–Kier alpha value is -2.11. The van der Waals surface area contributed by atoms with Crippen LogP contribution in [0.2, 0.25) is 0 Å². The van der Waals surface area contributed by atoms with E-state index in [4.69, 9.17) is 9.15 Å². The zero-order valence-corrected chi connectivity index (χ0v) is 9.92. The fourth-order valence-corrected chi connectivity index (χ4v) is 1.84. The fourth-order valence-electron chi connectivity index (χ4n) is 1.84. The third-order valence-corrected chi connectivity index (χ3v) is 2.72. The van der Waals surface area contributed by atoms with Crippen LogP contribution in [-0.2, 0) is 25.7 Å². The summed E-state index contributed by atoms with van der Waals surface area (Å²) in [4.78, 5) is 36.1. The van der Waals surface area contributed by atoms with E-state index in [1.807, 2.05) is 0 Å². The van der Waals surface area contributed by atoms with Crippen LogP contribution in [0.4, 0.5) is 0 Å². The fraction of sp³-hybridized carbons (Fsp3) is 0.417. The number of amides is 1. The van der Waals surface area contributed by atoms with Gasteiger partial charge < -0.3 is 14.1 Å². The van der Waals surface area contributed by atoms with Crippen molar-refractivity contribution in [2.45, 2.75) is 13.5 Å². The van der Waals surface area contributed by atoms with Gasteiger partial charge in [0, 0.05) is 6.54 Å². The summed E-state index contributed by atoms with van der Waals surface area (Å²) in [5.41, 5.74) is 0. The van der Waals surface area contributed by atoms with E-state index in [1.54, 1.807) is 19.1 Å². The Morgan fingerprint density at radius 2 is 2.33 bits per heavy atom. The molecule has 0 radical (unpaired) electrons. The molecule has 1 unspecified atom stereocenters. The number of nitrogens with zero attached hydrogens (tertiary/aromatic N) is 1. The summed E-state index contributed by atoms with van der Waals surface area (Å²) in [5.74, 6) is -2.45. The molecule has 0 bridgehead atoms. The summed E-state index contributed by atoms with van der Waals surface area (Å²) >= 11 is 0. The predicted octanol–water partition coefficient (Wildman–Crippen LogP) is 0.370. The van der Waals surface area contributed by atoms with Crippen molar-refractivity contribution in [2.24, 2.45) is 5.92 Å². The quantitative estimate of drug-likeness (QED) is 0.439. The minimum atomic E-state index is -1.01. The highest BCUT2D eigenvalue weighted by molar-refractivity contribution is 6.42. The standard InChI is InChI=1S/C12H13NO5/c1-2-17-12(16)9-7-13(11(15)10(9)14)6-8-4-3-5-18-8/h3-5,9H,2,6-7H2,1H3. The van der Waals surface area contributed by atoms with Crippen LogP contribution in [0.1, 0.15) is 12.7 Å². The molecule has 1 aliphatic rings. The highest BCUT2D eigenvalue weighted by Gasteiger charge is 2.44. The van der Waals surface area contributed by atoms with Crippen molar-refractivity contribution in [3.8, 4) is 0 Å². The van der Waals surface area contributed by atoms with Crippen molar-refractivity contribution < 1.29 is 23.5 Å². The molecule has 1 saturated heterocycles. The maximum atomic E-state index is 11.7. The molecule has 1 atom stereocenters. The van der Waals surface area contributed by atoms with Crippen molar-refractivity contribution in [1.29, 1.82) is 0 Å². The number of hydrogen-bond donors (Lipinski definition) is 0. The molecule has 0 spiro atoms. The van der Waals surface area contributed by atoms with Gasteiger partial charge >= 0.3 is 5.97 Å². The van der Waals surface area contributed by atoms with Crippen LogP contribution in [0.5, 0.6) is 0 Å². The first-order chi connectivity index (χ1) is 8.63. The lowest BCUT2D eigenvalue weighted by atomic mass is 10.1.